The smallest absolute Gasteiger partial charge is 4.00 e. The molecule has 0 aliphatic carbocycles. The first-order chi connectivity index (χ1) is 2.00. The van der Waals surface area contributed by atoms with Gasteiger partial charge in [0.05, 0.1) is 0 Å². The van der Waals surface area contributed by atoms with Crippen LogP contribution < -0.4 is 8.32 Å². The average molecular weight is 204 g/mol. The maximum Gasteiger partial charge on any atom is 4.00 e. The van der Waals surface area contributed by atoms with Crippen LogP contribution in [-0.2, 0) is 48.4 Å². The zero-order valence-corrected chi connectivity index (χ0v) is 7.91. The van der Waals surface area contributed by atoms with Crippen LogP contribution in [0.1, 0.15) is 0 Å². The second-order valence-corrected chi connectivity index (χ2v) is 1.68. The third-order valence-corrected chi connectivity index (χ3v) is 0. The van der Waals surface area contributed by atoms with E-state index in [1.54, 1.807) is 0 Å². The average Bonchev–Trinajstić information content (AvgIpc) is 0.722. The molecule has 0 atom stereocenters. The summed E-state index contributed by atoms with van der Waals surface area (Å²) < 4.78 is 34.4. The van der Waals surface area contributed by atoms with Crippen molar-refractivity contribution in [3.8, 4) is 0 Å². The Morgan fingerprint density at radius 2 is 1.12 bits per heavy atom. The second kappa shape index (κ2) is 8.49. The van der Waals surface area contributed by atoms with Crippen LogP contribution in [-0.4, -0.2) is 23.1 Å². The van der Waals surface area contributed by atoms with Crippen LogP contribution in [0.5, 0.6) is 0 Å². The van der Waals surface area contributed by atoms with E-state index in [9.17, 15) is 0 Å². The van der Waals surface area contributed by atoms with Crippen molar-refractivity contribution in [2.75, 3.05) is 0 Å². The van der Waals surface area contributed by atoms with Gasteiger partial charge in [-0.25, -0.2) is 0 Å². The molecule has 0 bridgehead atoms. The zero-order chi connectivity index (χ0) is 4.50. The third-order valence-electron chi connectivity index (χ3n) is 0. The molecule has 0 saturated heterocycles. The van der Waals surface area contributed by atoms with Crippen LogP contribution in [0, 0.1) is 0 Å². The Morgan fingerprint density at radius 1 is 1.12 bits per heavy atom. The van der Waals surface area contributed by atoms with Crippen molar-refractivity contribution in [2.24, 2.45) is 0 Å². The Labute approximate surface area is 79.2 Å². The summed E-state index contributed by atoms with van der Waals surface area (Å²) in [5.41, 5.74) is 0. The molecule has 0 aliphatic rings. The zero-order valence-electron chi connectivity index (χ0n) is 3.66. The van der Waals surface area contributed by atoms with Crippen LogP contribution in [0.3, 0.4) is 0 Å². The van der Waals surface area contributed by atoms with E-state index < -0.39 is 13.6 Å². The second-order valence-electron chi connectivity index (χ2n) is 0.408. The van der Waals surface area contributed by atoms with E-state index in [2.05, 4.69) is 0 Å². The molecule has 40 valence electrons. The first-order valence-electron chi connectivity index (χ1n) is 0.667. The molecule has 0 rings (SSSR count). The maximum atomic E-state index is 8.59. The summed E-state index contributed by atoms with van der Waals surface area (Å²) in [6, 6.07) is 0. The predicted octanol–water partition coefficient (Wildman–Crippen LogP) is -3.12. The molecule has 0 aliphatic heterocycles. The summed E-state index contributed by atoms with van der Waals surface area (Å²) in [4.78, 5) is 0. The molecule has 0 heterocycles. The summed E-state index contributed by atoms with van der Waals surface area (Å²) in [6.07, 6.45) is 0. The molecule has 0 amide bonds. The molecule has 8 heavy (non-hydrogen) atoms. The van der Waals surface area contributed by atoms with E-state index in [0.717, 1.165) is 0 Å². The van der Waals surface area contributed by atoms with Crippen molar-refractivity contribution in [1.82, 2.24) is 0 Å². The van der Waals surface area contributed by atoms with Gasteiger partial charge in [0.25, 0.3) is 0 Å². The number of hydrogen-bond donors (Lipinski definition) is 0. The van der Waals surface area contributed by atoms with Gasteiger partial charge in [0.15, 0.2) is 0 Å². The summed E-state index contributed by atoms with van der Waals surface area (Å²) >= 11 is -5.75. The van der Waals surface area contributed by atoms with E-state index in [1.165, 1.54) is 0 Å². The monoisotopic (exact) mass is 204 g/mol. The van der Waals surface area contributed by atoms with E-state index >= 15 is 0 Å². The van der Waals surface area contributed by atoms with Crippen molar-refractivity contribution < 1.29 is 56.7 Å². The number of rotatable bonds is 0. The molecule has 0 unspecified atom stereocenters. The van der Waals surface area contributed by atoms with E-state index in [-0.39, 0.29) is 50.2 Å². The van der Waals surface area contributed by atoms with Gasteiger partial charge < -0.3 is 5.48 Å². The molecule has 0 aromatic rings. The van der Waals surface area contributed by atoms with Gasteiger partial charge in [-0.2, -0.15) is 0 Å². The summed E-state index contributed by atoms with van der Waals surface area (Å²) in [5.74, 6) is 0. The van der Waals surface area contributed by atoms with Crippen molar-refractivity contribution >= 4 is 23.1 Å². The van der Waals surface area contributed by atoms with Crippen LogP contribution >= 0.6 is 0 Å². The van der Waals surface area contributed by atoms with Gasteiger partial charge in [0.2, 0.25) is 0 Å². The van der Waals surface area contributed by atoms with Crippen molar-refractivity contribution in [1.29, 1.82) is 0 Å². The van der Waals surface area contributed by atoms with E-state index in [0.29, 0.717) is 0 Å². The minimum Gasteiger partial charge on any atom is 4.00 e. The molecular formula is CrMgO5Ti+2. The Kier molecular flexibility index (Phi) is 24.1. The van der Waals surface area contributed by atoms with Crippen molar-refractivity contribution in [2.45, 2.75) is 0 Å². The first-order valence-corrected chi connectivity index (χ1v) is 2.75. The van der Waals surface area contributed by atoms with Gasteiger partial charge >= 0.3 is 74.3 Å². The molecule has 0 N–H and O–H groups in total. The van der Waals surface area contributed by atoms with Crippen LogP contribution in [0.2, 0.25) is 0 Å². The van der Waals surface area contributed by atoms with E-state index in [1.807, 2.05) is 0 Å². The fourth-order valence-corrected chi connectivity index (χ4v) is 0. The largest absolute Gasteiger partial charge is 4.00 e. The third kappa shape index (κ3) is 142. The van der Waals surface area contributed by atoms with Gasteiger partial charge in [0.1, 0.15) is 0 Å². The molecule has 0 spiro atoms. The van der Waals surface area contributed by atoms with E-state index in [4.69, 9.17) is 15.9 Å². The SMILES string of the molecule is [Mg+2].[O-2].[O]=[Cr](=[O])([O-])[O-].[Ti+4]. The fraction of sp³-hybridized carbons (Fsp3) is 0. The van der Waals surface area contributed by atoms with Gasteiger partial charge in [-0.1, -0.05) is 0 Å². The molecule has 0 aromatic heterocycles. The molecule has 8 heteroatoms. The van der Waals surface area contributed by atoms with Crippen molar-refractivity contribution in [3.63, 3.8) is 0 Å². The summed E-state index contributed by atoms with van der Waals surface area (Å²) in [6.45, 7) is 0. The minimum atomic E-state index is -5.75. The summed E-state index contributed by atoms with van der Waals surface area (Å²) in [7, 11) is 0. The Bertz CT molecular complexity index is 95.6. The Hall–Kier alpha value is 1.49. The first kappa shape index (κ1) is 22.7. The molecule has 0 radical (unpaired) electrons. The topological polar surface area (TPSA) is 109 Å². The van der Waals surface area contributed by atoms with Gasteiger partial charge in [0, 0.05) is 0 Å². The number of hydrogen-bond acceptors (Lipinski definition) is 4. The maximum absolute atomic E-state index is 8.59. The summed E-state index contributed by atoms with van der Waals surface area (Å²) in [5, 5.41) is 0. The molecule has 0 aromatic carbocycles. The molecule has 0 saturated carbocycles. The van der Waals surface area contributed by atoms with Gasteiger partial charge in [-0.3, -0.25) is 0 Å². The molecular weight excluding hydrogens is 204 g/mol. The van der Waals surface area contributed by atoms with Crippen molar-refractivity contribution in [3.05, 3.63) is 0 Å². The standard InChI is InChI=1S/Cr.Mg.5O.Ti/q;+2;;;-2;2*-1;+4. The van der Waals surface area contributed by atoms with Crippen LogP contribution in [0.15, 0.2) is 0 Å². The minimum absolute atomic E-state index is 0. The Balaban J connectivity index is -0.0000000267. The normalized spacial score (nSPS) is 7.25. The fourth-order valence-electron chi connectivity index (χ4n) is 0. The van der Waals surface area contributed by atoms with Gasteiger partial charge in [-0.05, 0) is 0 Å². The van der Waals surface area contributed by atoms with Gasteiger partial charge in [-0.15, -0.1) is 0 Å². The molecule has 0 fully saturated rings. The quantitative estimate of drug-likeness (QED) is 0.389. The van der Waals surface area contributed by atoms with Crippen LogP contribution in [0.25, 0.3) is 0 Å². The molecule has 5 nitrogen and oxygen atoms in total. The Morgan fingerprint density at radius 3 is 1.12 bits per heavy atom. The predicted molar refractivity (Wildman–Crippen MR) is 7.81 cm³/mol. The van der Waals surface area contributed by atoms with Crippen LogP contribution in [0.4, 0.5) is 0 Å².